The number of amides is 2. The van der Waals surface area contributed by atoms with Gasteiger partial charge < -0.3 is 15.3 Å². The lowest BCUT2D eigenvalue weighted by molar-refractivity contribution is -0.117. The van der Waals surface area contributed by atoms with Gasteiger partial charge in [0.25, 0.3) is 5.91 Å². The van der Waals surface area contributed by atoms with Crippen molar-refractivity contribution < 1.29 is 14.7 Å². The Morgan fingerprint density at radius 1 is 1.17 bits per heavy atom. The summed E-state index contributed by atoms with van der Waals surface area (Å²) < 4.78 is 0. The van der Waals surface area contributed by atoms with Crippen LogP contribution in [0.5, 0.6) is 5.75 Å². The van der Waals surface area contributed by atoms with Gasteiger partial charge in [0.15, 0.2) is 0 Å². The molecule has 118 valence electrons. The first kappa shape index (κ1) is 15.1. The Labute approximate surface area is 134 Å². The van der Waals surface area contributed by atoms with Gasteiger partial charge in [0, 0.05) is 24.2 Å². The van der Waals surface area contributed by atoms with Crippen molar-refractivity contribution in [3.63, 3.8) is 0 Å². The summed E-state index contributed by atoms with van der Waals surface area (Å²) in [6.07, 6.45) is 1.45. The highest BCUT2D eigenvalue weighted by atomic mass is 16.3. The number of carbonyl (C=O) groups is 2. The quantitative estimate of drug-likeness (QED) is 0.856. The largest absolute Gasteiger partial charge is 0.506 e. The molecule has 0 atom stereocenters. The van der Waals surface area contributed by atoms with E-state index in [9.17, 15) is 14.7 Å². The van der Waals surface area contributed by atoms with E-state index < -0.39 is 0 Å². The first-order valence-electron chi connectivity index (χ1n) is 7.56. The van der Waals surface area contributed by atoms with E-state index in [1.165, 1.54) is 0 Å². The highest BCUT2D eigenvalue weighted by Crippen LogP contribution is 2.25. The van der Waals surface area contributed by atoms with Crippen LogP contribution in [0.3, 0.4) is 0 Å². The van der Waals surface area contributed by atoms with Crippen LogP contribution in [-0.2, 0) is 4.79 Å². The van der Waals surface area contributed by atoms with Gasteiger partial charge in [-0.1, -0.05) is 6.07 Å². The molecule has 23 heavy (non-hydrogen) atoms. The lowest BCUT2D eigenvalue weighted by Crippen LogP contribution is -2.23. The molecule has 2 aromatic carbocycles. The van der Waals surface area contributed by atoms with Gasteiger partial charge in [-0.05, 0) is 55.3 Å². The summed E-state index contributed by atoms with van der Waals surface area (Å²) in [6, 6.07) is 12.0. The maximum atomic E-state index is 12.2. The van der Waals surface area contributed by atoms with Crippen molar-refractivity contribution in [3.8, 4) is 5.75 Å². The summed E-state index contributed by atoms with van der Waals surface area (Å²) in [4.78, 5) is 25.7. The van der Waals surface area contributed by atoms with Crippen LogP contribution in [0, 0.1) is 6.92 Å². The average molecular weight is 310 g/mol. The van der Waals surface area contributed by atoms with Crippen molar-refractivity contribution in [2.75, 3.05) is 16.8 Å². The Balaban J connectivity index is 1.74. The Hall–Kier alpha value is -2.82. The normalized spacial score (nSPS) is 14.1. The van der Waals surface area contributed by atoms with Crippen LogP contribution in [0.1, 0.15) is 28.8 Å². The molecule has 0 bridgehead atoms. The highest BCUT2D eigenvalue weighted by Gasteiger charge is 2.21. The van der Waals surface area contributed by atoms with Crippen molar-refractivity contribution in [1.29, 1.82) is 0 Å². The third-order valence-electron chi connectivity index (χ3n) is 3.92. The molecular weight excluding hydrogens is 292 g/mol. The van der Waals surface area contributed by atoms with Crippen LogP contribution < -0.4 is 10.2 Å². The van der Waals surface area contributed by atoms with Gasteiger partial charge in [-0.2, -0.15) is 0 Å². The molecule has 1 saturated heterocycles. The molecule has 1 aliphatic heterocycles. The number of anilines is 2. The number of phenols is 1. The number of hydrogen-bond donors (Lipinski definition) is 2. The summed E-state index contributed by atoms with van der Waals surface area (Å²) >= 11 is 0. The summed E-state index contributed by atoms with van der Waals surface area (Å²) in [5.41, 5.74) is 2.57. The Morgan fingerprint density at radius 2 is 1.91 bits per heavy atom. The fraction of sp³-hybridized carbons (Fsp3) is 0.222. The molecule has 0 saturated carbocycles. The molecule has 0 unspecified atom stereocenters. The third kappa shape index (κ3) is 3.18. The van der Waals surface area contributed by atoms with E-state index in [0.717, 1.165) is 24.2 Å². The van der Waals surface area contributed by atoms with E-state index in [2.05, 4.69) is 5.32 Å². The van der Waals surface area contributed by atoms with E-state index in [4.69, 9.17) is 0 Å². The van der Waals surface area contributed by atoms with Crippen LogP contribution in [-0.4, -0.2) is 23.5 Å². The molecule has 0 radical (unpaired) electrons. The van der Waals surface area contributed by atoms with E-state index in [1.54, 1.807) is 41.3 Å². The molecule has 0 aliphatic carbocycles. The number of carbonyl (C=O) groups excluding carboxylic acids is 2. The SMILES string of the molecule is Cc1ccc(NC(=O)c2ccc(N3CCCC3=O)cc2)c(O)c1. The summed E-state index contributed by atoms with van der Waals surface area (Å²) in [5.74, 6) is -0.145. The lowest BCUT2D eigenvalue weighted by Gasteiger charge is -2.16. The number of nitrogens with zero attached hydrogens (tertiary/aromatic N) is 1. The molecule has 5 heteroatoms. The predicted octanol–water partition coefficient (Wildman–Crippen LogP) is 3.08. The van der Waals surface area contributed by atoms with E-state index in [1.807, 2.05) is 13.0 Å². The zero-order valence-electron chi connectivity index (χ0n) is 12.9. The molecule has 2 aromatic rings. The van der Waals surface area contributed by atoms with Crippen LogP contribution in [0.4, 0.5) is 11.4 Å². The summed E-state index contributed by atoms with van der Waals surface area (Å²) in [6.45, 7) is 2.59. The summed E-state index contributed by atoms with van der Waals surface area (Å²) in [5, 5.41) is 12.5. The molecule has 5 nitrogen and oxygen atoms in total. The van der Waals surface area contributed by atoms with Crippen LogP contribution in [0.15, 0.2) is 42.5 Å². The first-order chi connectivity index (χ1) is 11.0. The molecule has 2 N–H and O–H groups in total. The van der Waals surface area contributed by atoms with Crippen molar-refractivity contribution in [3.05, 3.63) is 53.6 Å². The zero-order chi connectivity index (χ0) is 16.4. The Bertz CT molecular complexity index is 753. The second kappa shape index (κ2) is 6.12. The van der Waals surface area contributed by atoms with Crippen molar-refractivity contribution in [1.82, 2.24) is 0 Å². The number of phenolic OH excluding ortho intramolecular Hbond substituents is 1. The second-order valence-electron chi connectivity index (χ2n) is 5.67. The highest BCUT2D eigenvalue weighted by molar-refractivity contribution is 6.05. The number of hydrogen-bond acceptors (Lipinski definition) is 3. The van der Waals surface area contributed by atoms with Gasteiger partial charge >= 0.3 is 0 Å². The van der Waals surface area contributed by atoms with Gasteiger partial charge in [-0.15, -0.1) is 0 Å². The smallest absolute Gasteiger partial charge is 0.255 e. The van der Waals surface area contributed by atoms with Gasteiger partial charge in [-0.3, -0.25) is 9.59 Å². The molecule has 1 fully saturated rings. The summed E-state index contributed by atoms with van der Waals surface area (Å²) in [7, 11) is 0. The second-order valence-corrected chi connectivity index (χ2v) is 5.67. The van der Waals surface area contributed by atoms with Crippen LogP contribution in [0.25, 0.3) is 0 Å². The molecule has 2 amide bonds. The number of rotatable bonds is 3. The third-order valence-corrected chi connectivity index (χ3v) is 3.92. The molecule has 1 heterocycles. The van der Waals surface area contributed by atoms with Crippen LogP contribution in [0.2, 0.25) is 0 Å². The predicted molar refractivity (Wildman–Crippen MR) is 88.8 cm³/mol. The fourth-order valence-electron chi connectivity index (χ4n) is 2.66. The number of aryl methyl sites for hydroxylation is 1. The van der Waals surface area contributed by atoms with Gasteiger partial charge in [-0.25, -0.2) is 0 Å². The molecule has 0 aromatic heterocycles. The molecular formula is C18H18N2O3. The zero-order valence-corrected chi connectivity index (χ0v) is 12.9. The Morgan fingerprint density at radius 3 is 2.52 bits per heavy atom. The number of nitrogens with one attached hydrogen (secondary N) is 1. The minimum Gasteiger partial charge on any atom is -0.506 e. The monoisotopic (exact) mass is 310 g/mol. The van der Waals surface area contributed by atoms with Crippen molar-refractivity contribution >= 4 is 23.2 Å². The fourth-order valence-corrected chi connectivity index (χ4v) is 2.66. The molecule has 0 spiro atoms. The first-order valence-corrected chi connectivity index (χ1v) is 7.56. The van der Waals surface area contributed by atoms with Gasteiger partial charge in [0.05, 0.1) is 5.69 Å². The Kier molecular flexibility index (Phi) is 4.02. The topological polar surface area (TPSA) is 69.6 Å². The molecule has 1 aliphatic rings. The number of benzene rings is 2. The lowest BCUT2D eigenvalue weighted by atomic mass is 10.1. The standard InChI is InChI=1S/C18H18N2O3/c1-12-4-9-15(16(21)11-12)19-18(23)13-5-7-14(8-6-13)20-10-2-3-17(20)22/h4-9,11,21H,2-3,10H2,1H3,(H,19,23). The number of aromatic hydroxyl groups is 1. The van der Waals surface area contributed by atoms with E-state index in [-0.39, 0.29) is 17.6 Å². The maximum Gasteiger partial charge on any atom is 0.255 e. The van der Waals surface area contributed by atoms with Gasteiger partial charge in [0.1, 0.15) is 5.75 Å². The maximum absolute atomic E-state index is 12.2. The van der Waals surface area contributed by atoms with E-state index >= 15 is 0 Å². The van der Waals surface area contributed by atoms with Gasteiger partial charge in [0.2, 0.25) is 5.91 Å². The minimum atomic E-state index is -0.302. The minimum absolute atomic E-state index is 0.0395. The van der Waals surface area contributed by atoms with Crippen LogP contribution >= 0.6 is 0 Å². The van der Waals surface area contributed by atoms with Crippen molar-refractivity contribution in [2.45, 2.75) is 19.8 Å². The van der Waals surface area contributed by atoms with E-state index in [0.29, 0.717) is 17.7 Å². The molecule has 3 rings (SSSR count). The average Bonchev–Trinajstić information content (AvgIpc) is 2.96. The van der Waals surface area contributed by atoms with Crippen molar-refractivity contribution in [2.24, 2.45) is 0 Å².